The van der Waals surface area contributed by atoms with E-state index in [1.807, 2.05) is 0 Å². The van der Waals surface area contributed by atoms with E-state index in [0.29, 0.717) is 5.56 Å². The first-order valence-corrected chi connectivity index (χ1v) is 7.34. The van der Waals surface area contributed by atoms with E-state index in [-0.39, 0.29) is 16.3 Å². The predicted octanol–water partition coefficient (Wildman–Crippen LogP) is 2.94. The van der Waals surface area contributed by atoms with E-state index in [4.69, 9.17) is 4.74 Å². The zero-order chi connectivity index (χ0) is 14.8. The van der Waals surface area contributed by atoms with Gasteiger partial charge < -0.3 is 4.74 Å². The zero-order valence-electron chi connectivity index (χ0n) is 11.1. The summed E-state index contributed by atoms with van der Waals surface area (Å²) >= 11 is 0. The molecule has 106 valence electrons. The number of anilines is 1. The van der Waals surface area contributed by atoms with Crippen molar-refractivity contribution in [3.8, 4) is 5.75 Å². The molecular formula is C14H14FNO3S. The van der Waals surface area contributed by atoms with Crippen molar-refractivity contribution < 1.29 is 17.5 Å². The van der Waals surface area contributed by atoms with Gasteiger partial charge in [0.1, 0.15) is 0 Å². The Balaban J connectivity index is 2.34. The summed E-state index contributed by atoms with van der Waals surface area (Å²) in [5, 5.41) is 0. The molecule has 0 bridgehead atoms. The van der Waals surface area contributed by atoms with Crippen molar-refractivity contribution in [3.05, 3.63) is 53.8 Å². The number of nitrogens with one attached hydrogen (secondary N) is 1. The maximum absolute atomic E-state index is 13.5. The van der Waals surface area contributed by atoms with Gasteiger partial charge in [0.15, 0.2) is 11.6 Å². The van der Waals surface area contributed by atoms with Crippen LogP contribution in [-0.4, -0.2) is 15.5 Å². The fourth-order valence-electron chi connectivity index (χ4n) is 1.80. The molecule has 20 heavy (non-hydrogen) atoms. The lowest BCUT2D eigenvalue weighted by molar-refractivity contribution is 0.386. The maximum atomic E-state index is 13.5. The molecule has 0 heterocycles. The quantitative estimate of drug-likeness (QED) is 0.943. The Morgan fingerprint density at radius 3 is 2.45 bits per heavy atom. The van der Waals surface area contributed by atoms with E-state index in [1.165, 1.54) is 25.3 Å². The molecule has 4 nitrogen and oxygen atoms in total. The maximum Gasteiger partial charge on any atom is 0.262 e. The van der Waals surface area contributed by atoms with Crippen LogP contribution in [0, 0.1) is 12.7 Å². The summed E-state index contributed by atoms with van der Waals surface area (Å²) in [6, 6.07) is 10.5. The van der Waals surface area contributed by atoms with Crippen LogP contribution < -0.4 is 9.46 Å². The minimum atomic E-state index is -3.74. The van der Waals surface area contributed by atoms with Crippen molar-refractivity contribution in [2.75, 3.05) is 11.8 Å². The summed E-state index contributed by atoms with van der Waals surface area (Å²) in [6.45, 7) is 1.70. The molecule has 0 aliphatic carbocycles. The second-order valence-electron chi connectivity index (χ2n) is 4.22. The molecule has 0 radical (unpaired) electrons. The topological polar surface area (TPSA) is 55.4 Å². The highest BCUT2D eigenvalue weighted by molar-refractivity contribution is 7.92. The molecule has 0 saturated heterocycles. The Kier molecular flexibility index (Phi) is 3.94. The number of rotatable bonds is 4. The Hall–Kier alpha value is -2.08. The van der Waals surface area contributed by atoms with E-state index in [2.05, 4.69) is 4.72 Å². The van der Waals surface area contributed by atoms with Crippen molar-refractivity contribution in [1.82, 2.24) is 0 Å². The first-order valence-electron chi connectivity index (χ1n) is 5.86. The standard InChI is InChI=1S/C14H14FNO3S/c1-10-5-3-4-6-14(10)20(17,18)16-11-7-8-13(19-2)12(15)9-11/h3-9,16H,1-2H3. The van der Waals surface area contributed by atoms with E-state index in [0.717, 1.165) is 6.07 Å². The second kappa shape index (κ2) is 5.50. The fourth-order valence-corrected chi connectivity index (χ4v) is 3.09. The Bertz CT molecular complexity index is 729. The summed E-state index contributed by atoms with van der Waals surface area (Å²) in [7, 11) is -2.39. The second-order valence-corrected chi connectivity index (χ2v) is 5.87. The van der Waals surface area contributed by atoms with E-state index < -0.39 is 15.8 Å². The monoisotopic (exact) mass is 295 g/mol. The lowest BCUT2D eigenvalue weighted by Gasteiger charge is -2.11. The SMILES string of the molecule is COc1ccc(NS(=O)(=O)c2ccccc2C)cc1F. The van der Waals surface area contributed by atoms with Gasteiger partial charge in [-0.3, -0.25) is 4.72 Å². The minimum Gasteiger partial charge on any atom is -0.494 e. The van der Waals surface area contributed by atoms with E-state index >= 15 is 0 Å². The number of sulfonamides is 1. The van der Waals surface area contributed by atoms with E-state index in [9.17, 15) is 12.8 Å². The molecule has 0 aliphatic heterocycles. The van der Waals surface area contributed by atoms with Crippen molar-refractivity contribution >= 4 is 15.7 Å². The van der Waals surface area contributed by atoms with Gasteiger partial charge in [0.25, 0.3) is 10.0 Å². The summed E-state index contributed by atoms with van der Waals surface area (Å²) < 4.78 is 45.1. The fraction of sp³-hybridized carbons (Fsp3) is 0.143. The van der Waals surface area contributed by atoms with Crippen LogP contribution >= 0.6 is 0 Å². The number of ether oxygens (including phenoxy) is 1. The molecule has 0 atom stereocenters. The van der Waals surface area contributed by atoms with Crippen LogP contribution in [0.2, 0.25) is 0 Å². The first kappa shape index (κ1) is 14.3. The van der Waals surface area contributed by atoms with Crippen LogP contribution in [0.4, 0.5) is 10.1 Å². The molecule has 6 heteroatoms. The van der Waals surface area contributed by atoms with Gasteiger partial charge in [-0.2, -0.15) is 0 Å². The highest BCUT2D eigenvalue weighted by Gasteiger charge is 2.17. The molecule has 0 saturated carbocycles. The highest BCUT2D eigenvalue weighted by atomic mass is 32.2. The molecule has 2 aromatic rings. The van der Waals surface area contributed by atoms with Crippen LogP contribution in [-0.2, 0) is 10.0 Å². The highest BCUT2D eigenvalue weighted by Crippen LogP contribution is 2.23. The molecular weight excluding hydrogens is 281 g/mol. The molecule has 0 fully saturated rings. The van der Waals surface area contributed by atoms with Crippen molar-refractivity contribution in [2.24, 2.45) is 0 Å². The van der Waals surface area contributed by atoms with Gasteiger partial charge in [-0.25, -0.2) is 12.8 Å². The van der Waals surface area contributed by atoms with Crippen LogP contribution in [0.1, 0.15) is 5.56 Å². The van der Waals surface area contributed by atoms with Crippen molar-refractivity contribution in [1.29, 1.82) is 0 Å². The first-order chi connectivity index (χ1) is 9.44. The zero-order valence-corrected chi connectivity index (χ0v) is 11.9. The third-order valence-electron chi connectivity index (χ3n) is 2.79. The van der Waals surface area contributed by atoms with Crippen molar-refractivity contribution in [3.63, 3.8) is 0 Å². The summed E-state index contributed by atoms with van der Waals surface area (Å²) in [6.07, 6.45) is 0. The summed E-state index contributed by atoms with van der Waals surface area (Å²) in [5.41, 5.74) is 0.764. The van der Waals surface area contributed by atoms with Crippen LogP contribution in [0.5, 0.6) is 5.75 Å². The summed E-state index contributed by atoms with van der Waals surface area (Å²) in [5.74, 6) is -0.568. The number of methoxy groups -OCH3 is 1. The molecule has 0 spiro atoms. The lowest BCUT2D eigenvalue weighted by Crippen LogP contribution is -2.14. The number of benzene rings is 2. The number of halogens is 1. The van der Waals surface area contributed by atoms with Gasteiger partial charge in [0, 0.05) is 6.07 Å². The van der Waals surface area contributed by atoms with Gasteiger partial charge in [-0.1, -0.05) is 18.2 Å². The molecule has 2 rings (SSSR count). The van der Waals surface area contributed by atoms with Crippen LogP contribution in [0.25, 0.3) is 0 Å². The Morgan fingerprint density at radius 2 is 1.85 bits per heavy atom. The van der Waals surface area contributed by atoms with Crippen LogP contribution in [0.3, 0.4) is 0 Å². The number of hydrogen-bond acceptors (Lipinski definition) is 3. The summed E-state index contributed by atoms with van der Waals surface area (Å²) in [4.78, 5) is 0.163. The Labute approximate surface area is 117 Å². The number of hydrogen-bond donors (Lipinski definition) is 1. The average molecular weight is 295 g/mol. The van der Waals surface area contributed by atoms with Gasteiger partial charge in [-0.05, 0) is 30.7 Å². The molecule has 2 aromatic carbocycles. The third kappa shape index (κ3) is 2.91. The van der Waals surface area contributed by atoms with Crippen LogP contribution in [0.15, 0.2) is 47.4 Å². The van der Waals surface area contributed by atoms with Gasteiger partial charge in [-0.15, -0.1) is 0 Å². The van der Waals surface area contributed by atoms with Gasteiger partial charge >= 0.3 is 0 Å². The molecule has 0 aliphatic rings. The average Bonchev–Trinajstić information content (AvgIpc) is 2.38. The normalized spacial score (nSPS) is 11.2. The van der Waals surface area contributed by atoms with Gasteiger partial charge in [0.05, 0.1) is 17.7 Å². The third-order valence-corrected chi connectivity index (χ3v) is 4.33. The molecule has 1 N–H and O–H groups in total. The molecule has 0 unspecified atom stereocenters. The molecule has 0 amide bonds. The largest absolute Gasteiger partial charge is 0.494 e. The Morgan fingerprint density at radius 1 is 1.15 bits per heavy atom. The lowest BCUT2D eigenvalue weighted by atomic mass is 10.2. The van der Waals surface area contributed by atoms with Gasteiger partial charge in [0.2, 0.25) is 0 Å². The predicted molar refractivity (Wildman–Crippen MR) is 74.9 cm³/mol. The number of aryl methyl sites for hydroxylation is 1. The smallest absolute Gasteiger partial charge is 0.262 e. The van der Waals surface area contributed by atoms with Crippen molar-refractivity contribution in [2.45, 2.75) is 11.8 Å². The minimum absolute atomic E-state index is 0.0591. The molecule has 0 aromatic heterocycles. The van der Waals surface area contributed by atoms with E-state index in [1.54, 1.807) is 25.1 Å².